The van der Waals surface area contributed by atoms with E-state index in [0.717, 1.165) is 55.2 Å². The summed E-state index contributed by atoms with van der Waals surface area (Å²) >= 11 is 0. The largest absolute Gasteiger partial charge is 0.367 e. The van der Waals surface area contributed by atoms with Gasteiger partial charge in [0.25, 0.3) is 0 Å². The van der Waals surface area contributed by atoms with Crippen LogP contribution in [0.15, 0.2) is 30.6 Å². The third-order valence-corrected chi connectivity index (χ3v) is 7.10. The lowest BCUT2D eigenvalue weighted by molar-refractivity contribution is 0.311. The van der Waals surface area contributed by atoms with Crippen molar-refractivity contribution in [1.29, 1.82) is 0 Å². The van der Waals surface area contributed by atoms with Crippen molar-refractivity contribution in [1.82, 2.24) is 19.9 Å². The summed E-state index contributed by atoms with van der Waals surface area (Å²) in [6.45, 7) is 4.26. The predicted octanol–water partition coefficient (Wildman–Crippen LogP) is 6.24. The molecule has 1 unspecified atom stereocenters. The van der Waals surface area contributed by atoms with Crippen LogP contribution in [-0.4, -0.2) is 53.1 Å². The van der Waals surface area contributed by atoms with Crippen molar-refractivity contribution in [2.75, 3.05) is 37.8 Å². The molecule has 0 aromatic carbocycles. The molecule has 1 saturated carbocycles. The van der Waals surface area contributed by atoms with E-state index in [0.29, 0.717) is 12.0 Å². The minimum absolute atomic E-state index is 0.479. The maximum Gasteiger partial charge on any atom is 0.224 e. The highest BCUT2D eigenvalue weighted by Crippen LogP contribution is 2.32. The normalized spacial score (nSPS) is 19.2. The van der Waals surface area contributed by atoms with Gasteiger partial charge in [-0.3, -0.25) is 4.98 Å². The lowest BCUT2D eigenvalue weighted by Crippen LogP contribution is -2.23. The number of aromatic nitrogens is 3. The fourth-order valence-electron chi connectivity index (χ4n) is 5.16. The third kappa shape index (κ3) is 6.78. The minimum Gasteiger partial charge on any atom is -0.367 e. The Hall–Kier alpha value is -2.47. The van der Waals surface area contributed by atoms with Crippen LogP contribution in [0.25, 0.3) is 16.8 Å². The Kier molecular flexibility index (Phi) is 8.91. The molecule has 2 aliphatic carbocycles. The fourth-order valence-corrected chi connectivity index (χ4v) is 5.16. The highest BCUT2D eigenvalue weighted by atomic mass is 15.1. The van der Waals surface area contributed by atoms with Gasteiger partial charge in [0.2, 0.25) is 5.95 Å². The van der Waals surface area contributed by atoms with Crippen molar-refractivity contribution in [3.05, 3.63) is 36.2 Å². The van der Waals surface area contributed by atoms with Crippen LogP contribution in [0.4, 0.5) is 11.8 Å². The molecule has 0 spiro atoms. The van der Waals surface area contributed by atoms with Gasteiger partial charge in [-0.1, -0.05) is 44.7 Å². The quantitative estimate of drug-likeness (QED) is 0.407. The number of hydrogen-bond donors (Lipinski definition) is 2. The summed E-state index contributed by atoms with van der Waals surface area (Å²) < 4.78 is 0. The zero-order chi connectivity index (χ0) is 23.8. The maximum absolute atomic E-state index is 4.87. The Morgan fingerprint density at radius 3 is 2.56 bits per heavy atom. The van der Waals surface area contributed by atoms with Gasteiger partial charge in [0.1, 0.15) is 5.82 Å². The van der Waals surface area contributed by atoms with Crippen LogP contribution in [0.3, 0.4) is 0 Å². The van der Waals surface area contributed by atoms with Crippen molar-refractivity contribution in [2.45, 2.75) is 77.2 Å². The SMILES string of the molecule is CCCCNc1ncc(-c2ccc(C3=CCC(CN(C)C)CC3)cn2)c(NC2CCCCC2)n1. The molecule has 0 amide bonds. The number of nitrogens with one attached hydrogen (secondary N) is 2. The second-order valence-corrected chi connectivity index (χ2v) is 10.3. The number of hydrogen-bond acceptors (Lipinski definition) is 6. The molecule has 0 bridgehead atoms. The van der Waals surface area contributed by atoms with Gasteiger partial charge in [-0.05, 0) is 75.7 Å². The number of pyridine rings is 1. The highest BCUT2D eigenvalue weighted by molar-refractivity contribution is 5.74. The average molecular weight is 463 g/mol. The first-order valence-electron chi connectivity index (χ1n) is 13.3. The molecule has 0 aliphatic heterocycles. The summed E-state index contributed by atoms with van der Waals surface area (Å²) in [5, 5.41) is 7.11. The molecule has 6 heteroatoms. The molecule has 2 aliphatic rings. The first-order valence-corrected chi connectivity index (χ1v) is 13.3. The molecular weight excluding hydrogens is 420 g/mol. The molecule has 2 N–H and O–H groups in total. The van der Waals surface area contributed by atoms with Gasteiger partial charge in [0.15, 0.2) is 0 Å². The molecule has 4 rings (SSSR count). The number of allylic oxidation sites excluding steroid dienone is 2. The molecule has 2 heterocycles. The van der Waals surface area contributed by atoms with Crippen molar-refractivity contribution in [2.24, 2.45) is 5.92 Å². The van der Waals surface area contributed by atoms with Crippen LogP contribution < -0.4 is 10.6 Å². The molecular formula is C28H42N6. The van der Waals surface area contributed by atoms with E-state index in [1.165, 1.54) is 56.2 Å². The second kappa shape index (κ2) is 12.3. The lowest BCUT2D eigenvalue weighted by Gasteiger charge is -2.25. The molecule has 1 atom stereocenters. The van der Waals surface area contributed by atoms with Gasteiger partial charge in [0.05, 0.1) is 11.3 Å². The van der Waals surface area contributed by atoms with Crippen LogP contribution in [0, 0.1) is 5.92 Å². The Balaban J connectivity index is 1.51. The molecule has 2 aromatic rings. The van der Waals surface area contributed by atoms with Crippen LogP contribution in [0.1, 0.15) is 76.7 Å². The van der Waals surface area contributed by atoms with Crippen LogP contribution in [-0.2, 0) is 0 Å². The summed E-state index contributed by atoms with van der Waals surface area (Å²) in [5.41, 5.74) is 4.60. The monoisotopic (exact) mass is 462 g/mol. The first-order chi connectivity index (χ1) is 16.6. The molecule has 0 saturated heterocycles. The van der Waals surface area contributed by atoms with Gasteiger partial charge in [0, 0.05) is 31.5 Å². The van der Waals surface area contributed by atoms with Crippen LogP contribution >= 0.6 is 0 Å². The second-order valence-electron chi connectivity index (χ2n) is 10.3. The molecule has 184 valence electrons. The molecule has 2 aromatic heterocycles. The zero-order valence-electron chi connectivity index (χ0n) is 21.3. The summed E-state index contributed by atoms with van der Waals surface area (Å²) in [7, 11) is 4.33. The predicted molar refractivity (Wildman–Crippen MR) is 143 cm³/mol. The highest BCUT2D eigenvalue weighted by Gasteiger charge is 2.19. The van der Waals surface area contributed by atoms with Crippen molar-refractivity contribution < 1.29 is 0 Å². The van der Waals surface area contributed by atoms with E-state index in [4.69, 9.17) is 9.97 Å². The molecule has 34 heavy (non-hydrogen) atoms. The zero-order valence-corrected chi connectivity index (χ0v) is 21.3. The van der Waals surface area contributed by atoms with E-state index >= 15 is 0 Å². The molecule has 6 nitrogen and oxygen atoms in total. The van der Waals surface area contributed by atoms with Crippen molar-refractivity contribution in [3.8, 4) is 11.3 Å². The fraction of sp³-hybridized carbons (Fsp3) is 0.607. The molecule has 1 fully saturated rings. The van der Waals surface area contributed by atoms with E-state index in [1.807, 2.05) is 12.4 Å². The van der Waals surface area contributed by atoms with Gasteiger partial charge < -0.3 is 15.5 Å². The average Bonchev–Trinajstić information content (AvgIpc) is 2.85. The topological polar surface area (TPSA) is 66.0 Å². The van der Waals surface area contributed by atoms with Crippen LogP contribution in [0.2, 0.25) is 0 Å². The summed E-state index contributed by atoms with van der Waals surface area (Å²) in [6.07, 6.45) is 18.5. The number of anilines is 2. The lowest BCUT2D eigenvalue weighted by atomic mass is 9.87. The Morgan fingerprint density at radius 2 is 1.88 bits per heavy atom. The standard InChI is InChI=1S/C28H42N6/c1-4-5-17-29-28-31-19-25(27(33-28)32-24-9-7-6-8-10-24)26-16-15-23(18-30-26)22-13-11-21(12-14-22)20-34(2)3/h13,15-16,18-19,21,24H,4-12,14,17,20H2,1-3H3,(H2,29,31,32,33). The van der Waals surface area contributed by atoms with E-state index in [-0.39, 0.29) is 0 Å². The Bertz CT molecular complexity index is 930. The van der Waals surface area contributed by atoms with Crippen molar-refractivity contribution >= 4 is 17.3 Å². The van der Waals surface area contributed by atoms with E-state index < -0.39 is 0 Å². The maximum atomic E-state index is 4.87. The van der Waals surface area contributed by atoms with E-state index in [2.05, 4.69) is 59.7 Å². The van der Waals surface area contributed by atoms with Gasteiger partial charge in [-0.25, -0.2) is 4.98 Å². The van der Waals surface area contributed by atoms with Crippen molar-refractivity contribution in [3.63, 3.8) is 0 Å². The smallest absolute Gasteiger partial charge is 0.224 e. The first kappa shape index (κ1) is 24.6. The Labute approximate surface area is 205 Å². The van der Waals surface area contributed by atoms with E-state index in [9.17, 15) is 0 Å². The van der Waals surface area contributed by atoms with Gasteiger partial charge in [-0.15, -0.1) is 0 Å². The van der Waals surface area contributed by atoms with Gasteiger partial charge in [-0.2, -0.15) is 4.98 Å². The summed E-state index contributed by atoms with van der Waals surface area (Å²) in [5.74, 6) is 2.37. The molecule has 0 radical (unpaired) electrons. The summed E-state index contributed by atoms with van der Waals surface area (Å²) in [6, 6.07) is 4.84. The van der Waals surface area contributed by atoms with E-state index in [1.54, 1.807) is 0 Å². The number of rotatable bonds is 10. The Morgan fingerprint density at radius 1 is 1.03 bits per heavy atom. The number of nitrogens with zero attached hydrogens (tertiary/aromatic N) is 4. The van der Waals surface area contributed by atoms with Crippen LogP contribution in [0.5, 0.6) is 0 Å². The number of unbranched alkanes of at least 4 members (excludes halogenated alkanes) is 1. The summed E-state index contributed by atoms with van der Waals surface area (Å²) in [4.78, 5) is 16.6. The third-order valence-electron chi connectivity index (χ3n) is 7.10. The minimum atomic E-state index is 0.479. The van der Waals surface area contributed by atoms with Gasteiger partial charge >= 0.3 is 0 Å².